The van der Waals surface area contributed by atoms with Gasteiger partial charge in [-0.15, -0.1) is 0 Å². The van der Waals surface area contributed by atoms with Crippen molar-refractivity contribution in [2.24, 2.45) is 17.6 Å². The molecule has 1 aliphatic carbocycles. The zero-order valence-corrected chi connectivity index (χ0v) is 12.1. The van der Waals surface area contributed by atoms with E-state index >= 15 is 0 Å². The zero-order valence-electron chi connectivity index (χ0n) is 12.1. The van der Waals surface area contributed by atoms with Crippen LogP contribution >= 0.6 is 0 Å². The highest BCUT2D eigenvalue weighted by atomic mass is 14.7. The van der Waals surface area contributed by atoms with Crippen molar-refractivity contribution in [2.45, 2.75) is 58.4 Å². The first-order chi connectivity index (χ1) is 8.51. The average Bonchev–Trinajstić information content (AvgIpc) is 2.52. The van der Waals surface area contributed by atoms with Crippen molar-refractivity contribution >= 4 is 0 Å². The molecule has 0 aliphatic heterocycles. The van der Waals surface area contributed by atoms with Crippen molar-refractivity contribution in [2.75, 3.05) is 0 Å². The summed E-state index contributed by atoms with van der Waals surface area (Å²) in [6.45, 7) is 6.85. The second kappa shape index (κ2) is 5.44. The van der Waals surface area contributed by atoms with Gasteiger partial charge in [0.1, 0.15) is 0 Å². The molecule has 1 aromatic carbocycles. The first-order valence-electron chi connectivity index (χ1n) is 7.37. The summed E-state index contributed by atoms with van der Waals surface area (Å²) in [4.78, 5) is 0. The number of rotatable bonds is 2. The van der Waals surface area contributed by atoms with Crippen molar-refractivity contribution in [3.05, 3.63) is 35.4 Å². The van der Waals surface area contributed by atoms with Crippen LogP contribution in [-0.2, 0) is 5.54 Å². The molecular formula is C17H27N. The molecule has 2 atom stereocenters. The summed E-state index contributed by atoms with van der Waals surface area (Å²) in [6.07, 6.45) is 6.18. The van der Waals surface area contributed by atoms with Gasteiger partial charge < -0.3 is 5.73 Å². The van der Waals surface area contributed by atoms with Gasteiger partial charge in [0.15, 0.2) is 0 Å². The molecule has 0 bridgehead atoms. The SMILES string of the molecule is Cc1cccc(C2(N)CCCC(C(C)C)CC2)c1. The lowest BCUT2D eigenvalue weighted by atomic mass is 9.82. The first-order valence-corrected chi connectivity index (χ1v) is 7.37. The fraction of sp³-hybridized carbons (Fsp3) is 0.647. The summed E-state index contributed by atoms with van der Waals surface area (Å²) in [5, 5.41) is 0. The number of hydrogen-bond acceptors (Lipinski definition) is 1. The fourth-order valence-corrected chi connectivity index (χ4v) is 3.30. The zero-order chi connectivity index (χ0) is 13.2. The van der Waals surface area contributed by atoms with E-state index in [1.165, 1.54) is 30.4 Å². The molecule has 0 amide bonds. The van der Waals surface area contributed by atoms with Crippen molar-refractivity contribution in [3.63, 3.8) is 0 Å². The molecule has 1 fully saturated rings. The Labute approximate surface area is 112 Å². The smallest absolute Gasteiger partial charge is 0.0409 e. The minimum atomic E-state index is -0.0876. The third-order valence-electron chi connectivity index (χ3n) is 4.69. The minimum Gasteiger partial charge on any atom is -0.321 e. The van der Waals surface area contributed by atoms with E-state index in [2.05, 4.69) is 45.0 Å². The van der Waals surface area contributed by atoms with Gasteiger partial charge in [-0.2, -0.15) is 0 Å². The second-order valence-electron chi connectivity index (χ2n) is 6.46. The highest BCUT2D eigenvalue weighted by molar-refractivity contribution is 5.28. The monoisotopic (exact) mass is 245 g/mol. The molecule has 18 heavy (non-hydrogen) atoms. The molecule has 2 unspecified atom stereocenters. The molecule has 0 aromatic heterocycles. The Hall–Kier alpha value is -0.820. The van der Waals surface area contributed by atoms with E-state index in [1.54, 1.807) is 0 Å². The third-order valence-corrected chi connectivity index (χ3v) is 4.69. The fourth-order valence-electron chi connectivity index (χ4n) is 3.30. The Morgan fingerprint density at radius 3 is 2.67 bits per heavy atom. The van der Waals surface area contributed by atoms with Crippen LogP contribution in [0.3, 0.4) is 0 Å². The Balaban J connectivity index is 2.16. The lowest BCUT2D eigenvalue weighted by Gasteiger charge is -2.29. The highest BCUT2D eigenvalue weighted by Crippen LogP contribution is 2.38. The molecule has 0 heterocycles. The number of benzene rings is 1. The average molecular weight is 245 g/mol. The Morgan fingerprint density at radius 2 is 2.00 bits per heavy atom. The van der Waals surface area contributed by atoms with Gasteiger partial charge in [0, 0.05) is 5.54 Å². The van der Waals surface area contributed by atoms with Crippen LogP contribution in [0.4, 0.5) is 0 Å². The molecule has 100 valence electrons. The Bertz CT molecular complexity index is 396. The minimum absolute atomic E-state index is 0.0876. The maximum Gasteiger partial charge on any atom is 0.0409 e. The van der Waals surface area contributed by atoms with Gasteiger partial charge in [-0.05, 0) is 43.6 Å². The van der Waals surface area contributed by atoms with Crippen molar-refractivity contribution in [1.82, 2.24) is 0 Å². The Morgan fingerprint density at radius 1 is 1.22 bits per heavy atom. The van der Waals surface area contributed by atoms with Crippen LogP contribution in [0.25, 0.3) is 0 Å². The lowest BCUT2D eigenvalue weighted by molar-refractivity contribution is 0.325. The van der Waals surface area contributed by atoms with Crippen molar-refractivity contribution in [1.29, 1.82) is 0 Å². The van der Waals surface area contributed by atoms with E-state index in [1.807, 2.05) is 0 Å². The van der Waals surface area contributed by atoms with Gasteiger partial charge in [-0.1, -0.05) is 56.5 Å². The van der Waals surface area contributed by atoms with Crippen LogP contribution in [0.1, 0.15) is 57.1 Å². The number of nitrogens with two attached hydrogens (primary N) is 1. The normalized spacial score (nSPS) is 29.3. The molecule has 0 radical (unpaired) electrons. The highest BCUT2D eigenvalue weighted by Gasteiger charge is 2.31. The van der Waals surface area contributed by atoms with Crippen LogP contribution in [0.15, 0.2) is 24.3 Å². The quantitative estimate of drug-likeness (QED) is 0.769. The van der Waals surface area contributed by atoms with Crippen molar-refractivity contribution in [3.8, 4) is 0 Å². The molecule has 1 aromatic rings. The summed E-state index contributed by atoms with van der Waals surface area (Å²) in [7, 11) is 0. The second-order valence-corrected chi connectivity index (χ2v) is 6.46. The van der Waals surface area contributed by atoms with E-state index in [-0.39, 0.29) is 5.54 Å². The maximum atomic E-state index is 6.71. The van der Waals surface area contributed by atoms with Crippen LogP contribution in [0.5, 0.6) is 0 Å². The molecule has 2 N–H and O–H groups in total. The predicted octanol–water partition coefficient (Wildman–Crippen LogP) is 4.39. The van der Waals surface area contributed by atoms with E-state index in [0.29, 0.717) is 0 Å². The number of aryl methyl sites for hydroxylation is 1. The molecule has 0 spiro atoms. The third kappa shape index (κ3) is 2.95. The molecule has 1 nitrogen and oxygen atoms in total. The molecule has 1 saturated carbocycles. The van der Waals surface area contributed by atoms with Crippen LogP contribution in [0.2, 0.25) is 0 Å². The van der Waals surface area contributed by atoms with Gasteiger partial charge in [0.05, 0.1) is 0 Å². The maximum absolute atomic E-state index is 6.71. The van der Waals surface area contributed by atoms with Crippen LogP contribution in [0, 0.1) is 18.8 Å². The molecule has 0 saturated heterocycles. The predicted molar refractivity (Wildman–Crippen MR) is 78.5 cm³/mol. The molecule has 1 aliphatic rings. The van der Waals surface area contributed by atoms with E-state index in [9.17, 15) is 0 Å². The van der Waals surface area contributed by atoms with Gasteiger partial charge >= 0.3 is 0 Å². The van der Waals surface area contributed by atoms with Crippen LogP contribution in [-0.4, -0.2) is 0 Å². The van der Waals surface area contributed by atoms with Gasteiger partial charge in [0.2, 0.25) is 0 Å². The summed E-state index contributed by atoms with van der Waals surface area (Å²) in [5.74, 6) is 1.66. The molecule has 1 heteroatoms. The topological polar surface area (TPSA) is 26.0 Å². The van der Waals surface area contributed by atoms with Gasteiger partial charge in [0.25, 0.3) is 0 Å². The van der Waals surface area contributed by atoms with E-state index in [4.69, 9.17) is 5.73 Å². The first kappa shape index (κ1) is 13.6. The molecule has 2 rings (SSSR count). The lowest BCUT2D eigenvalue weighted by Crippen LogP contribution is -2.36. The summed E-state index contributed by atoms with van der Waals surface area (Å²) in [5.41, 5.74) is 9.29. The van der Waals surface area contributed by atoms with Crippen molar-refractivity contribution < 1.29 is 0 Å². The van der Waals surface area contributed by atoms with E-state index < -0.39 is 0 Å². The van der Waals surface area contributed by atoms with Crippen LogP contribution < -0.4 is 5.73 Å². The van der Waals surface area contributed by atoms with Gasteiger partial charge in [-0.3, -0.25) is 0 Å². The summed E-state index contributed by atoms with van der Waals surface area (Å²) < 4.78 is 0. The van der Waals surface area contributed by atoms with E-state index in [0.717, 1.165) is 24.7 Å². The van der Waals surface area contributed by atoms with Gasteiger partial charge in [-0.25, -0.2) is 0 Å². The molecular weight excluding hydrogens is 218 g/mol. The Kier molecular flexibility index (Phi) is 4.11. The number of hydrogen-bond donors (Lipinski definition) is 1. The largest absolute Gasteiger partial charge is 0.321 e. The summed E-state index contributed by atoms with van der Waals surface area (Å²) >= 11 is 0. The summed E-state index contributed by atoms with van der Waals surface area (Å²) in [6, 6.07) is 8.78. The standard InChI is InChI=1S/C17H27N/c1-13(2)15-7-5-10-17(18,11-9-15)16-8-4-6-14(3)12-16/h4,6,8,12-13,15H,5,7,9-11,18H2,1-3H3.